The Morgan fingerprint density at radius 1 is 1.29 bits per heavy atom. The van der Waals surface area contributed by atoms with Crippen molar-refractivity contribution >= 4 is 27.7 Å². The average molecular weight is 355 g/mol. The van der Waals surface area contributed by atoms with Gasteiger partial charge in [-0.05, 0) is 46.5 Å². The molecule has 0 unspecified atom stereocenters. The van der Waals surface area contributed by atoms with Crippen LogP contribution in [0.3, 0.4) is 0 Å². The summed E-state index contributed by atoms with van der Waals surface area (Å²) in [5.74, 6) is -0.466. The van der Waals surface area contributed by atoms with Crippen molar-refractivity contribution in [1.82, 2.24) is 10.2 Å². The fourth-order valence-electron chi connectivity index (χ4n) is 3.21. The summed E-state index contributed by atoms with van der Waals surface area (Å²) in [4.78, 5) is 26.2. The molecular weight excluding hydrogens is 339 g/mol. The SMILES string of the molecule is O=C1CN(Cc2ccc(F)c(Br)c2)C(=O)C2(CCCC2)N1. The topological polar surface area (TPSA) is 49.4 Å². The molecule has 2 aliphatic rings. The van der Waals surface area contributed by atoms with Crippen LogP contribution in [0.4, 0.5) is 4.39 Å². The zero-order chi connectivity index (χ0) is 15.0. The van der Waals surface area contributed by atoms with Crippen molar-refractivity contribution in [3.8, 4) is 0 Å². The summed E-state index contributed by atoms with van der Waals surface area (Å²) in [6.45, 7) is 0.391. The van der Waals surface area contributed by atoms with Gasteiger partial charge in [0.05, 0.1) is 11.0 Å². The molecule has 6 heteroatoms. The molecule has 0 aromatic heterocycles. The Morgan fingerprint density at radius 3 is 2.67 bits per heavy atom. The fourth-order valence-corrected chi connectivity index (χ4v) is 3.64. The number of halogens is 2. The van der Waals surface area contributed by atoms with Crippen molar-refractivity contribution in [2.24, 2.45) is 0 Å². The first-order chi connectivity index (χ1) is 10.00. The highest BCUT2D eigenvalue weighted by atomic mass is 79.9. The van der Waals surface area contributed by atoms with Crippen LogP contribution in [-0.4, -0.2) is 28.8 Å². The Balaban J connectivity index is 1.82. The second-order valence-electron chi connectivity index (χ2n) is 5.75. The van der Waals surface area contributed by atoms with E-state index in [1.54, 1.807) is 17.0 Å². The van der Waals surface area contributed by atoms with E-state index in [2.05, 4.69) is 21.2 Å². The third-order valence-electron chi connectivity index (χ3n) is 4.22. The van der Waals surface area contributed by atoms with Gasteiger partial charge in [0.15, 0.2) is 0 Å². The Bertz CT molecular complexity index is 599. The molecule has 4 nitrogen and oxygen atoms in total. The Hall–Kier alpha value is -1.43. The molecule has 1 aliphatic carbocycles. The van der Waals surface area contributed by atoms with Gasteiger partial charge < -0.3 is 10.2 Å². The minimum absolute atomic E-state index is 0.0138. The Labute approximate surface area is 130 Å². The highest BCUT2D eigenvalue weighted by Gasteiger charge is 2.48. The highest BCUT2D eigenvalue weighted by Crippen LogP contribution is 2.33. The van der Waals surface area contributed by atoms with Gasteiger partial charge in [-0.15, -0.1) is 0 Å². The Morgan fingerprint density at radius 2 is 2.00 bits per heavy atom. The van der Waals surface area contributed by atoms with Crippen LogP contribution in [0.2, 0.25) is 0 Å². The molecule has 112 valence electrons. The molecule has 3 rings (SSSR count). The lowest BCUT2D eigenvalue weighted by molar-refractivity contribution is -0.150. The van der Waals surface area contributed by atoms with Gasteiger partial charge in [-0.25, -0.2) is 4.39 Å². The number of piperazine rings is 1. The predicted octanol–water partition coefficient (Wildman–Crippen LogP) is 2.36. The van der Waals surface area contributed by atoms with E-state index in [0.717, 1.165) is 18.4 Å². The number of hydrogen-bond donors (Lipinski definition) is 1. The standard InChI is InChI=1S/C15H16BrFN2O2/c16-11-7-10(3-4-12(11)17)8-19-9-13(20)18-15(14(19)21)5-1-2-6-15/h3-4,7H,1-2,5-6,8-9H2,(H,18,20). The average Bonchev–Trinajstić information content (AvgIpc) is 2.89. The van der Waals surface area contributed by atoms with Gasteiger partial charge in [0.2, 0.25) is 11.8 Å². The number of benzene rings is 1. The molecule has 1 saturated carbocycles. The first kappa shape index (κ1) is 14.5. The van der Waals surface area contributed by atoms with E-state index in [0.29, 0.717) is 23.9 Å². The normalized spacial score (nSPS) is 21.0. The quantitative estimate of drug-likeness (QED) is 0.886. The van der Waals surface area contributed by atoms with E-state index in [-0.39, 0.29) is 24.2 Å². The summed E-state index contributed by atoms with van der Waals surface area (Å²) >= 11 is 3.14. The third kappa shape index (κ3) is 2.69. The smallest absolute Gasteiger partial charge is 0.249 e. The second-order valence-corrected chi connectivity index (χ2v) is 6.60. The second kappa shape index (κ2) is 5.40. The van der Waals surface area contributed by atoms with Gasteiger partial charge in [-0.3, -0.25) is 9.59 Å². The molecule has 1 N–H and O–H groups in total. The summed E-state index contributed by atoms with van der Waals surface area (Å²) in [6.07, 6.45) is 3.34. The van der Waals surface area contributed by atoms with Crippen molar-refractivity contribution in [3.63, 3.8) is 0 Å². The molecule has 1 aromatic carbocycles. The van der Waals surface area contributed by atoms with Crippen molar-refractivity contribution in [2.75, 3.05) is 6.54 Å². The maximum absolute atomic E-state index is 13.3. The van der Waals surface area contributed by atoms with Crippen LogP contribution < -0.4 is 5.32 Å². The number of hydrogen-bond acceptors (Lipinski definition) is 2. The van der Waals surface area contributed by atoms with Crippen molar-refractivity contribution in [3.05, 3.63) is 34.1 Å². The molecule has 0 atom stereocenters. The van der Waals surface area contributed by atoms with Crippen LogP contribution in [0.1, 0.15) is 31.2 Å². The van der Waals surface area contributed by atoms with E-state index in [4.69, 9.17) is 0 Å². The molecule has 1 heterocycles. The molecular formula is C15H16BrFN2O2. The van der Waals surface area contributed by atoms with Gasteiger partial charge in [-0.2, -0.15) is 0 Å². The number of nitrogens with one attached hydrogen (secondary N) is 1. The number of amides is 2. The largest absolute Gasteiger partial charge is 0.340 e. The van der Waals surface area contributed by atoms with Crippen LogP contribution in [0, 0.1) is 5.82 Å². The highest BCUT2D eigenvalue weighted by molar-refractivity contribution is 9.10. The van der Waals surface area contributed by atoms with E-state index in [1.807, 2.05) is 0 Å². The molecule has 1 aliphatic heterocycles. The lowest BCUT2D eigenvalue weighted by Gasteiger charge is -2.39. The first-order valence-electron chi connectivity index (χ1n) is 7.04. The minimum atomic E-state index is -0.702. The summed E-state index contributed by atoms with van der Waals surface area (Å²) in [5.41, 5.74) is 0.103. The van der Waals surface area contributed by atoms with Crippen LogP contribution in [0.25, 0.3) is 0 Å². The fraction of sp³-hybridized carbons (Fsp3) is 0.467. The lowest BCUT2D eigenvalue weighted by atomic mass is 9.93. The molecule has 2 fully saturated rings. The van der Waals surface area contributed by atoms with Gasteiger partial charge in [-0.1, -0.05) is 18.9 Å². The monoisotopic (exact) mass is 354 g/mol. The number of rotatable bonds is 2. The van der Waals surface area contributed by atoms with Crippen LogP contribution in [0.5, 0.6) is 0 Å². The summed E-state index contributed by atoms with van der Waals surface area (Å²) in [5, 5.41) is 2.88. The van der Waals surface area contributed by atoms with Crippen molar-refractivity contribution in [2.45, 2.75) is 37.8 Å². The Kier molecular flexibility index (Phi) is 3.73. The maximum atomic E-state index is 13.3. The minimum Gasteiger partial charge on any atom is -0.340 e. The molecule has 1 aromatic rings. The van der Waals surface area contributed by atoms with Gasteiger partial charge in [0, 0.05) is 6.54 Å². The van der Waals surface area contributed by atoms with Gasteiger partial charge >= 0.3 is 0 Å². The number of carbonyl (C=O) groups excluding carboxylic acids is 2. The summed E-state index contributed by atoms with van der Waals surface area (Å²) < 4.78 is 13.6. The van der Waals surface area contributed by atoms with Crippen LogP contribution in [-0.2, 0) is 16.1 Å². The molecule has 0 bridgehead atoms. The number of nitrogens with zero attached hydrogens (tertiary/aromatic N) is 1. The maximum Gasteiger partial charge on any atom is 0.249 e. The van der Waals surface area contributed by atoms with E-state index >= 15 is 0 Å². The van der Waals surface area contributed by atoms with E-state index in [9.17, 15) is 14.0 Å². The van der Waals surface area contributed by atoms with Crippen LogP contribution >= 0.6 is 15.9 Å². The van der Waals surface area contributed by atoms with E-state index in [1.165, 1.54) is 6.07 Å². The molecule has 2 amide bonds. The molecule has 0 radical (unpaired) electrons. The summed E-state index contributed by atoms with van der Waals surface area (Å²) in [7, 11) is 0. The molecule has 1 saturated heterocycles. The van der Waals surface area contributed by atoms with Crippen molar-refractivity contribution in [1.29, 1.82) is 0 Å². The van der Waals surface area contributed by atoms with Gasteiger partial charge in [0.25, 0.3) is 0 Å². The molecule has 21 heavy (non-hydrogen) atoms. The third-order valence-corrected chi connectivity index (χ3v) is 4.83. The summed E-state index contributed by atoms with van der Waals surface area (Å²) in [6, 6.07) is 4.65. The lowest BCUT2D eigenvalue weighted by Crippen LogP contribution is -2.65. The van der Waals surface area contributed by atoms with Crippen molar-refractivity contribution < 1.29 is 14.0 Å². The predicted molar refractivity (Wildman–Crippen MR) is 78.9 cm³/mol. The zero-order valence-corrected chi connectivity index (χ0v) is 13.1. The number of carbonyl (C=O) groups is 2. The first-order valence-corrected chi connectivity index (χ1v) is 7.84. The van der Waals surface area contributed by atoms with E-state index < -0.39 is 5.54 Å². The molecule has 1 spiro atoms. The van der Waals surface area contributed by atoms with Crippen LogP contribution in [0.15, 0.2) is 22.7 Å². The van der Waals surface area contributed by atoms with Gasteiger partial charge in [0.1, 0.15) is 11.4 Å². The zero-order valence-electron chi connectivity index (χ0n) is 11.5.